The van der Waals surface area contributed by atoms with Gasteiger partial charge in [0.15, 0.2) is 0 Å². The summed E-state index contributed by atoms with van der Waals surface area (Å²) in [5.41, 5.74) is 4.87. The first-order valence-electron chi connectivity index (χ1n) is 10.3. The maximum Gasteiger partial charge on any atom is 0.123 e. The van der Waals surface area contributed by atoms with E-state index >= 15 is 0 Å². The molecule has 0 saturated heterocycles. The average molecular weight is 494 g/mol. The van der Waals surface area contributed by atoms with Crippen molar-refractivity contribution in [3.05, 3.63) is 110 Å². The van der Waals surface area contributed by atoms with Gasteiger partial charge in [-0.3, -0.25) is 4.99 Å². The first-order chi connectivity index (χ1) is 16.1. The standard InChI is InChI=1S/C26H18Cl2FN3S/c27-20-8-5-18(23(28)11-20)14-32-15-19(22-3-1-2-4-25(22)32)12-30-13-26-31-24(16-33-26)17-6-9-21(29)10-7-17/h1-12,15-16H,13-14H2. The average Bonchev–Trinajstić information content (AvgIpc) is 3.42. The number of thiazole rings is 1. The number of fused-ring (bicyclic) bond motifs is 1. The SMILES string of the molecule is Fc1ccc(-c2csc(CN=Cc3cn(Cc4ccc(Cl)cc4Cl)c4ccccc34)n2)cc1. The van der Waals surface area contributed by atoms with Gasteiger partial charge in [0, 0.05) is 56.4 Å². The fourth-order valence-electron chi connectivity index (χ4n) is 3.70. The molecular weight excluding hydrogens is 476 g/mol. The molecule has 0 amide bonds. The molecule has 5 aromatic rings. The van der Waals surface area contributed by atoms with E-state index < -0.39 is 0 Å². The molecule has 2 aromatic heterocycles. The van der Waals surface area contributed by atoms with Gasteiger partial charge >= 0.3 is 0 Å². The van der Waals surface area contributed by atoms with E-state index in [-0.39, 0.29) is 5.82 Å². The molecule has 0 radical (unpaired) electrons. The maximum atomic E-state index is 13.2. The second-order valence-corrected chi connectivity index (χ2v) is 9.35. The summed E-state index contributed by atoms with van der Waals surface area (Å²) < 4.78 is 15.3. The number of aromatic nitrogens is 2. The summed E-state index contributed by atoms with van der Waals surface area (Å²) in [5.74, 6) is -0.253. The van der Waals surface area contributed by atoms with Gasteiger partial charge in [-0.2, -0.15) is 0 Å². The fourth-order valence-corrected chi connectivity index (χ4v) is 4.91. The Labute approximate surface area is 204 Å². The van der Waals surface area contributed by atoms with Crippen molar-refractivity contribution >= 4 is 51.7 Å². The van der Waals surface area contributed by atoms with Crippen molar-refractivity contribution in [1.82, 2.24) is 9.55 Å². The van der Waals surface area contributed by atoms with Crippen LogP contribution in [0.1, 0.15) is 16.1 Å². The normalized spacial score (nSPS) is 11.6. The number of aliphatic imine (C=N–C) groups is 1. The van der Waals surface area contributed by atoms with Crippen molar-refractivity contribution in [2.45, 2.75) is 13.1 Å². The highest BCUT2D eigenvalue weighted by Crippen LogP contribution is 2.26. The van der Waals surface area contributed by atoms with Crippen LogP contribution >= 0.6 is 34.5 Å². The molecule has 0 unspecified atom stereocenters. The highest BCUT2D eigenvalue weighted by atomic mass is 35.5. The largest absolute Gasteiger partial charge is 0.342 e. The Morgan fingerprint density at radius 2 is 1.85 bits per heavy atom. The molecule has 0 spiro atoms. The third-order valence-corrected chi connectivity index (χ3v) is 6.74. The topological polar surface area (TPSA) is 30.2 Å². The third kappa shape index (κ3) is 4.86. The van der Waals surface area contributed by atoms with Gasteiger partial charge in [0.05, 0.1) is 12.2 Å². The Morgan fingerprint density at radius 3 is 2.67 bits per heavy atom. The molecule has 0 saturated carbocycles. The molecule has 164 valence electrons. The zero-order valence-electron chi connectivity index (χ0n) is 17.4. The van der Waals surface area contributed by atoms with Gasteiger partial charge in [-0.05, 0) is 48.0 Å². The predicted molar refractivity (Wildman–Crippen MR) is 136 cm³/mol. The van der Waals surface area contributed by atoms with Gasteiger partial charge < -0.3 is 4.57 Å². The molecule has 0 aliphatic rings. The van der Waals surface area contributed by atoms with E-state index in [2.05, 4.69) is 32.9 Å². The molecule has 5 rings (SSSR count). The fraction of sp³-hybridized carbons (Fsp3) is 0.0769. The molecule has 0 fully saturated rings. The Bertz CT molecular complexity index is 1450. The summed E-state index contributed by atoms with van der Waals surface area (Å²) in [6, 6.07) is 20.2. The molecule has 0 aliphatic heterocycles. The summed E-state index contributed by atoms with van der Waals surface area (Å²) in [4.78, 5) is 9.27. The summed E-state index contributed by atoms with van der Waals surface area (Å²) in [6.07, 6.45) is 3.98. The number of hydrogen-bond acceptors (Lipinski definition) is 3. The minimum atomic E-state index is -0.253. The van der Waals surface area contributed by atoms with Crippen molar-refractivity contribution in [3.63, 3.8) is 0 Å². The molecule has 3 aromatic carbocycles. The van der Waals surface area contributed by atoms with Gasteiger partial charge in [-0.25, -0.2) is 9.37 Å². The van der Waals surface area contributed by atoms with Crippen LogP contribution in [0.25, 0.3) is 22.2 Å². The number of rotatable bonds is 6. The lowest BCUT2D eigenvalue weighted by molar-refractivity contribution is 0.628. The van der Waals surface area contributed by atoms with Crippen LogP contribution in [0.2, 0.25) is 10.0 Å². The Hall–Kier alpha value is -2.99. The molecule has 0 atom stereocenters. The molecule has 2 heterocycles. The highest BCUT2D eigenvalue weighted by Gasteiger charge is 2.10. The van der Waals surface area contributed by atoms with Crippen LogP contribution in [0, 0.1) is 5.82 Å². The van der Waals surface area contributed by atoms with Gasteiger partial charge in [-0.1, -0.05) is 47.5 Å². The van der Waals surface area contributed by atoms with Crippen molar-refractivity contribution in [2.24, 2.45) is 4.99 Å². The van der Waals surface area contributed by atoms with Crippen LogP contribution in [-0.2, 0) is 13.1 Å². The van der Waals surface area contributed by atoms with Gasteiger partial charge in [0.25, 0.3) is 0 Å². The lowest BCUT2D eigenvalue weighted by atomic mass is 10.2. The first-order valence-corrected chi connectivity index (χ1v) is 11.9. The van der Waals surface area contributed by atoms with Crippen LogP contribution in [0.5, 0.6) is 0 Å². The van der Waals surface area contributed by atoms with Crippen molar-refractivity contribution in [1.29, 1.82) is 0 Å². The molecule has 3 nitrogen and oxygen atoms in total. The van der Waals surface area contributed by atoms with E-state index in [0.29, 0.717) is 23.1 Å². The quantitative estimate of drug-likeness (QED) is 0.221. The first kappa shape index (κ1) is 21.8. The Balaban J connectivity index is 1.36. The molecule has 33 heavy (non-hydrogen) atoms. The van der Waals surface area contributed by atoms with Crippen molar-refractivity contribution < 1.29 is 4.39 Å². The molecular formula is C26H18Cl2FN3S. The van der Waals surface area contributed by atoms with Crippen LogP contribution in [0.4, 0.5) is 4.39 Å². The molecule has 7 heteroatoms. The maximum absolute atomic E-state index is 13.2. The molecule has 0 N–H and O–H groups in total. The van der Waals surface area contributed by atoms with Gasteiger partial charge in [0.1, 0.15) is 10.8 Å². The molecule has 0 aliphatic carbocycles. The zero-order valence-corrected chi connectivity index (χ0v) is 19.7. The van der Waals surface area contributed by atoms with E-state index in [1.165, 1.54) is 12.1 Å². The van der Waals surface area contributed by atoms with Crippen LogP contribution < -0.4 is 0 Å². The van der Waals surface area contributed by atoms with E-state index in [1.807, 2.05) is 35.9 Å². The third-order valence-electron chi connectivity index (χ3n) is 5.32. The van der Waals surface area contributed by atoms with Crippen LogP contribution in [-0.4, -0.2) is 15.8 Å². The Morgan fingerprint density at radius 1 is 1.03 bits per heavy atom. The predicted octanol–water partition coefficient (Wildman–Crippen LogP) is 7.88. The lowest BCUT2D eigenvalue weighted by Crippen LogP contribution is -1.98. The monoisotopic (exact) mass is 493 g/mol. The van der Waals surface area contributed by atoms with Crippen molar-refractivity contribution in [2.75, 3.05) is 0 Å². The zero-order chi connectivity index (χ0) is 22.8. The minimum Gasteiger partial charge on any atom is -0.342 e. The smallest absolute Gasteiger partial charge is 0.123 e. The van der Waals surface area contributed by atoms with E-state index in [0.717, 1.165) is 38.3 Å². The van der Waals surface area contributed by atoms with E-state index in [4.69, 9.17) is 23.2 Å². The summed E-state index contributed by atoms with van der Waals surface area (Å²) in [6.45, 7) is 1.12. The number of halogens is 3. The second kappa shape index (κ2) is 9.48. The number of para-hydroxylation sites is 1. The van der Waals surface area contributed by atoms with Gasteiger partial charge in [0.2, 0.25) is 0 Å². The summed E-state index contributed by atoms with van der Waals surface area (Å²) >= 11 is 14.0. The number of hydrogen-bond donors (Lipinski definition) is 0. The molecule has 0 bridgehead atoms. The van der Waals surface area contributed by atoms with Gasteiger partial charge in [-0.15, -0.1) is 11.3 Å². The highest BCUT2D eigenvalue weighted by molar-refractivity contribution is 7.09. The minimum absolute atomic E-state index is 0.253. The summed E-state index contributed by atoms with van der Waals surface area (Å²) in [5, 5.41) is 5.27. The lowest BCUT2D eigenvalue weighted by Gasteiger charge is -2.08. The van der Waals surface area contributed by atoms with Crippen LogP contribution in [0.15, 0.2) is 83.3 Å². The van der Waals surface area contributed by atoms with Crippen molar-refractivity contribution in [3.8, 4) is 11.3 Å². The number of benzene rings is 3. The van der Waals surface area contributed by atoms with E-state index in [1.54, 1.807) is 29.5 Å². The van der Waals surface area contributed by atoms with Crippen LogP contribution in [0.3, 0.4) is 0 Å². The summed E-state index contributed by atoms with van der Waals surface area (Å²) in [7, 11) is 0. The second-order valence-electron chi connectivity index (χ2n) is 7.57. The number of nitrogens with zero attached hydrogens (tertiary/aromatic N) is 3. The Kier molecular flexibility index (Phi) is 6.27. The van der Waals surface area contributed by atoms with E-state index in [9.17, 15) is 4.39 Å².